The van der Waals surface area contributed by atoms with E-state index in [4.69, 9.17) is 16.3 Å². The van der Waals surface area contributed by atoms with Crippen LogP contribution in [0, 0.1) is 5.92 Å². The van der Waals surface area contributed by atoms with Crippen LogP contribution in [0.3, 0.4) is 0 Å². The highest BCUT2D eigenvalue weighted by atomic mass is 35.5. The van der Waals surface area contributed by atoms with E-state index in [2.05, 4.69) is 13.8 Å². The van der Waals surface area contributed by atoms with Gasteiger partial charge in [-0.05, 0) is 24.1 Å². The molecule has 2 heteroatoms. The van der Waals surface area contributed by atoms with Gasteiger partial charge in [0.1, 0.15) is 5.75 Å². The van der Waals surface area contributed by atoms with E-state index in [0.29, 0.717) is 11.8 Å². The average Bonchev–Trinajstić information content (AvgIpc) is 2.46. The Morgan fingerprint density at radius 3 is 2.92 bits per heavy atom. The molecule has 1 atom stereocenters. The van der Waals surface area contributed by atoms with E-state index in [0.717, 1.165) is 17.4 Å². The Labute approximate surface area is 83.7 Å². The smallest absolute Gasteiger partial charge is 0.123 e. The maximum atomic E-state index is 5.94. The predicted octanol–water partition coefficient (Wildman–Crippen LogP) is 3.47. The average molecular weight is 197 g/mol. The van der Waals surface area contributed by atoms with E-state index in [1.807, 2.05) is 18.2 Å². The monoisotopic (exact) mass is 196 g/mol. The number of benzene rings is 1. The van der Waals surface area contributed by atoms with Crippen LogP contribution in [0.1, 0.15) is 25.3 Å². The molecule has 0 bridgehead atoms. The predicted molar refractivity (Wildman–Crippen MR) is 54.5 cm³/mol. The molecule has 1 heterocycles. The molecule has 1 aromatic carbocycles. The molecule has 13 heavy (non-hydrogen) atoms. The molecule has 1 unspecified atom stereocenters. The highest BCUT2D eigenvalue weighted by Gasteiger charge is 2.26. The fraction of sp³-hybridized carbons (Fsp3) is 0.455. The van der Waals surface area contributed by atoms with Gasteiger partial charge in [-0.15, -0.1) is 0 Å². The van der Waals surface area contributed by atoms with Crippen molar-refractivity contribution in [1.29, 1.82) is 0 Å². The lowest BCUT2D eigenvalue weighted by molar-refractivity contribution is 0.304. The molecule has 1 nitrogen and oxygen atoms in total. The fourth-order valence-electron chi connectivity index (χ4n) is 1.76. The van der Waals surface area contributed by atoms with Gasteiger partial charge in [0, 0.05) is 16.5 Å². The van der Waals surface area contributed by atoms with Gasteiger partial charge >= 0.3 is 0 Å². The van der Waals surface area contributed by atoms with Crippen LogP contribution >= 0.6 is 11.6 Å². The number of ether oxygens (including phenoxy) is 1. The van der Waals surface area contributed by atoms with Gasteiger partial charge in [-0.1, -0.05) is 25.4 Å². The number of fused-ring (bicyclic) bond motifs is 1. The first kappa shape index (κ1) is 8.89. The molecule has 0 aliphatic carbocycles. The second-order valence-electron chi connectivity index (χ2n) is 3.84. The molecule has 0 saturated heterocycles. The van der Waals surface area contributed by atoms with E-state index >= 15 is 0 Å². The van der Waals surface area contributed by atoms with Crippen LogP contribution < -0.4 is 4.74 Å². The maximum Gasteiger partial charge on any atom is 0.123 e. The molecule has 0 spiro atoms. The van der Waals surface area contributed by atoms with Crippen molar-refractivity contribution in [3.63, 3.8) is 0 Å². The largest absolute Gasteiger partial charge is 0.493 e. The summed E-state index contributed by atoms with van der Waals surface area (Å²) in [5, 5.41) is 0.801. The van der Waals surface area contributed by atoms with Gasteiger partial charge in [0.25, 0.3) is 0 Å². The van der Waals surface area contributed by atoms with Crippen molar-refractivity contribution in [3.05, 3.63) is 28.8 Å². The molecule has 0 radical (unpaired) electrons. The van der Waals surface area contributed by atoms with Crippen LogP contribution in [-0.2, 0) is 0 Å². The van der Waals surface area contributed by atoms with Gasteiger partial charge < -0.3 is 4.74 Å². The van der Waals surface area contributed by atoms with Crippen LogP contribution in [0.4, 0.5) is 0 Å². The van der Waals surface area contributed by atoms with E-state index in [9.17, 15) is 0 Å². The highest BCUT2D eigenvalue weighted by Crippen LogP contribution is 2.39. The first-order valence-corrected chi connectivity index (χ1v) is 4.98. The van der Waals surface area contributed by atoms with Crippen molar-refractivity contribution in [2.24, 2.45) is 5.92 Å². The fourth-order valence-corrected chi connectivity index (χ4v) is 1.94. The molecular formula is C11H13ClO. The quantitative estimate of drug-likeness (QED) is 0.669. The zero-order valence-electron chi connectivity index (χ0n) is 7.88. The molecule has 0 fully saturated rings. The van der Waals surface area contributed by atoms with Gasteiger partial charge in [-0.2, -0.15) is 0 Å². The highest BCUT2D eigenvalue weighted by molar-refractivity contribution is 6.30. The van der Waals surface area contributed by atoms with Gasteiger partial charge in [0.15, 0.2) is 0 Å². The first-order chi connectivity index (χ1) is 6.18. The summed E-state index contributed by atoms with van der Waals surface area (Å²) in [6.07, 6.45) is 0. The number of halogens is 1. The summed E-state index contributed by atoms with van der Waals surface area (Å²) in [5.74, 6) is 2.12. The van der Waals surface area contributed by atoms with E-state index in [-0.39, 0.29) is 0 Å². The third-order valence-electron chi connectivity index (χ3n) is 2.59. The van der Waals surface area contributed by atoms with Crippen molar-refractivity contribution >= 4 is 11.6 Å². The zero-order chi connectivity index (χ0) is 9.42. The second kappa shape index (κ2) is 3.22. The normalized spacial score (nSPS) is 20.2. The standard InChI is InChI=1S/C11H13ClO/c1-7(2)10-6-13-11-4-3-8(12)5-9(10)11/h3-5,7,10H,6H2,1-2H3. The van der Waals surface area contributed by atoms with E-state index < -0.39 is 0 Å². The SMILES string of the molecule is CC(C)C1COc2ccc(Cl)cc21. The maximum absolute atomic E-state index is 5.94. The van der Waals surface area contributed by atoms with E-state index in [1.165, 1.54) is 5.56 Å². The minimum absolute atomic E-state index is 0.508. The van der Waals surface area contributed by atoms with Crippen molar-refractivity contribution in [2.75, 3.05) is 6.61 Å². The minimum atomic E-state index is 0.508. The molecule has 70 valence electrons. The Bertz CT molecular complexity index is 320. The summed E-state index contributed by atoms with van der Waals surface area (Å²) in [6.45, 7) is 5.22. The van der Waals surface area contributed by atoms with Crippen LogP contribution in [0.2, 0.25) is 5.02 Å². The first-order valence-electron chi connectivity index (χ1n) is 4.60. The Morgan fingerprint density at radius 2 is 2.23 bits per heavy atom. The van der Waals surface area contributed by atoms with Crippen molar-refractivity contribution in [3.8, 4) is 5.75 Å². The van der Waals surface area contributed by atoms with E-state index in [1.54, 1.807) is 0 Å². The lowest BCUT2D eigenvalue weighted by atomic mass is 9.90. The molecule has 0 amide bonds. The number of rotatable bonds is 1. The third-order valence-corrected chi connectivity index (χ3v) is 2.83. The lowest BCUT2D eigenvalue weighted by Crippen LogP contribution is -2.07. The summed E-state index contributed by atoms with van der Waals surface area (Å²) in [4.78, 5) is 0. The molecule has 2 rings (SSSR count). The Morgan fingerprint density at radius 1 is 1.46 bits per heavy atom. The molecule has 1 aromatic rings. The number of hydrogen-bond acceptors (Lipinski definition) is 1. The summed E-state index contributed by atoms with van der Waals surface area (Å²) in [5.41, 5.74) is 1.27. The molecule has 0 aromatic heterocycles. The summed E-state index contributed by atoms with van der Waals surface area (Å²) in [6, 6.07) is 5.86. The summed E-state index contributed by atoms with van der Waals surface area (Å²) < 4.78 is 5.57. The lowest BCUT2D eigenvalue weighted by Gasteiger charge is -2.12. The number of hydrogen-bond donors (Lipinski definition) is 0. The second-order valence-corrected chi connectivity index (χ2v) is 4.28. The molecular weight excluding hydrogens is 184 g/mol. The molecule has 1 aliphatic rings. The van der Waals surface area contributed by atoms with Gasteiger partial charge in [0.2, 0.25) is 0 Å². The van der Waals surface area contributed by atoms with Gasteiger partial charge in [-0.3, -0.25) is 0 Å². The molecule has 1 aliphatic heterocycles. The Hall–Kier alpha value is -0.690. The zero-order valence-corrected chi connectivity index (χ0v) is 8.64. The van der Waals surface area contributed by atoms with Crippen molar-refractivity contribution < 1.29 is 4.74 Å². The Balaban J connectivity index is 2.40. The van der Waals surface area contributed by atoms with Crippen LogP contribution in [0.25, 0.3) is 0 Å². The molecule has 0 N–H and O–H groups in total. The van der Waals surface area contributed by atoms with Gasteiger partial charge in [-0.25, -0.2) is 0 Å². The van der Waals surface area contributed by atoms with Gasteiger partial charge in [0.05, 0.1) is 6.61 Å². The third kappa shape index (κ3) is 1.53. The van der Waals surface area contributed by atoms with Crippen LogP contribution in [0.5, 0.6) is 5.75 Å². The summed E-state index contributed by atoms with van der Waals surface area (Å²) >= 11 is 5.94. The minimum Gasteiger partial charge on any atom is -0.493 e. The topological polar surface area (TPSA) is 9.23 Å². The molecule has 0 saturated carbocycles. The Kier molecular flexibility index (Phi) is 2.20. The summed E-state index contributed by atoms with van der Waals surface area (Å²) in [7, 11) is 0. The van der Waals surface area contributed by atoms with Crippen molar-refractivity contribution in [1.82, 2.24) is 0 Å². The van der Waals surface area contributed by atoms with Crippen LogP contribution in [0.15, 0.2) is 18.2 Å². The van der Waals surface area contributed by atoms with Crippen molar-refractivity contribution in [2.45, 2.75) is 19.8 Å². The van der Waals surface area contributed by atoms with Crippen LogP contribution in [-0.4, -0.2) is 6.61 Å².